The molecule has 2 fully saturated rings. The van der Waals surface area contributed by atoms with Crippen LogP contribution < -0.4 is 9.80 Å². The van der Waals surface area contributed by atoms with Gasteiger partial charge in [0.05, 0.1) is 16.3 Å². The molecule has 0 spiro atoms. The molecule has 9 heteroatoms. The Bertz CT molecular complexity index is 924. The number of piperidine rings is 2. The van der Waals surface area contributed by atoms with Gasteiger partial charge in [0.2, 0.25) is 15.9 Å². The Hall–Kier alpha value is -2.13. The van der Waals surface area contributed by atoms with E-state index in [0.29, 0.717) is 37.7 Å². The SMILES string of the molecule is CC1CCN(S(=O)(=O)c2ccc3c(c2)N(CC(=O)O)C(=O)C2CCCCN32)CC1. The maximum absolute atomic E-state index is 13.2. The number of sulfonamides is 1. The summed E-state index contributed by atoms with van der Waals surface area (Å²) < 4.78 is 27.8. The minimum Gasteiger partial charge on any atom is -0.480 e. The van der Waals surface area contributed by atoms with Crippen LogP contribution in [0.1, 0.15) is 39.0 Å². The second-order valence-electron chi connectivity index (χ2n) is 8.26. The van der Waals surface area contributed by atoms with Crippen LogP contribution in [0.3, 0.4) is 0 Å². The normalized spacial score (nSPS) is 23.6. The summed E-state index contributed by atoms with van der Waals surface area (Å²) in [7, 11) is -3.69. The third kappa shape index (κ3) is 3.61. The number of nitrogens with zero attached hydrogens (tertiary/aromatic N) is 3. The van der Waals surface area contributed by atoms with E-state index in [9.17, 15) is 23.1 Å². The average Bonchev–Trinajstić information content (AvgIpc) is 2.71. The highest BCUT2D eigenvalue weighted by Crippen LogP contribution is 2.41. The Morgan fingerprint density at radius 1 is 1.10 bits per heavy atom. The summed E-state index contributed by atoms with van der Waals surface area (Å²) in [4.78, 5) is 27.8. The van der Waals surface area contributed by atoms with E-state index in [-0.39, 0.29) is 16.8 Å². The second-order valence-corrected chi connectivity index (χ2v) is 10.2. The van der Waals surface area contributed by atoms with Gasteiger partial charge in [-0.1, -0.05) is 6.92 Å². The van der Waals surface area contributed by atoms with E-state index in [1.54, 1.807) is 12.1 Å². The molecular formula is C20H27N3O5S. The van der Waals surface area contributed by atoms with E-state index in [2.05, 4.69) is 6.92 Å². The molecular weight excluding hydrogens is 394 g/mol. The predicted molar refractivity (Wildman–Crippen MR) is 109 cm³/mol. The number of carbonyl (C=O) groups excluding carboxylic acids is 1. The monoisotopic (exact) mass is 421 g/mol. The first-order valence-electron chi connectivity index (χ1n) is 10.2. The first-order valence-corrected chi connectivity index (χ1v) is 11.7. The number of benzene rings is 1. The van der Waals surface area contributed by atoms with Crippen molar-refractivity contribution in [1.82, 2.24) is 4.31 Å². The molecule has 1 N–H and O–H groups in total. The van der Waals surface area contributed by atoms with Gasteiger partial charge in [0.25, 0.3) is 0 Å². The Morgan fingerprint density at radius 3 is 2.52 bits per heavy atom. The molecule has 2 saturated heterocycles. The van der Waals surface area contributed by atoms with Gasteiger partial charge in [-0.2, -0.15) is 4.31 Å². The quantitative estimate of drug-likeness (QED) is 0.797. The fraction of sp³-hybridized carbons (Fsp3) is 0.600. The highest BCUT2D eigenvalue weighted by molar-refractivity contribution is 7.89. The second kappa shape index (κ2) is 7.60. The molecule has 0 aromatic heterocycles. The summed E-state index contributed by atoms with van der Waals surface area (Å²) in [6.07, 6.45) is 4.20. The zero-order valence-electron chi connectivity index (χ0n) is 16.6. The van der Waals surface area contributed by atoms with Crippen molar-refractivity contribution in [2.24, 2.45) is 5.92 Å². The lowest BCUT2D eigenvalue weighted by molar-refractivity contribution is -0.137. The van der Waals surface area contributed by atoms with Crippen LogP contribution in [0.15, 0.2) is 23.1 Å². The van der Waals surface area contributed by atoms with E-state index in [1.807, 2.05) is 4.90 Å². The van der Waals surface area contributed by atoms with Crippen molar-refractivity contribution in [1.29, 1.82) is 0 Å². The molecule has 1 aromatic rings. The maximum Gasteiger partial charge on any atom is 0.323 e. The smallest absolute Gasteiger partial charge is 0.323 e. The predicted octanol–water partition coefficient (Wildman–Crippen LogP) is 1.90. The largest absolute Gasteiger partial charge is 0.480 e. The molecule has 1 atom stereocenters. The average molecular weight is 422 g/mol. The topological polar surface area (TPSA) is 98.2 Å². The number of carbonyl (C=O) groups is 2. The first kappa shape index (κ1) is 20.2. The van der Waals surface area contributed by atoms with Crippen molar-refractivity contribution in [3.05, 3.63) is 18.2 Å². The van der Waals surface area contributed by atoms with Crippen LogP contribution in [0.2, 0.25) is 0 Å². The zero-order chi connectivity index (χ0) is 20.8. The lowest BCUT2D eigenvalue weighted by Gasteiger charge is -2.45. The van der Waals surface area contributed by atoms with Gasteiger partial charge in [-0.25, -0.2) is 8.42 Å². The minimum atomic E-state index is -3.69. The summed E-state index contributed by atoms with van der Waals surface area (Å²) in [6, 6.07) is 4.43. The fourth-order valence-electron chi connectivity index (χ4n) is 4.57. The number of hydrogen-bond acceptors (Lipinski definition) is 5. The van der Waals surface area contributed by atoms with Crippen molar-refractivity contribution in [3.63, 3.8) is 0 Å². The Labute approximate surface area is 171 Å². The van der Waals surface area contributed by atoms with Crippen molar-refractivity contribution in [2.45, 2.75) is 50.0 Å². The third-order valence-corrected chi connectivity index (χ3v) is 8.17. The molecule has 8 nitrogen and oxygen atoms in total. The highest BCUT2D eigenvalue weighted by atomic mass is 32.2. The van der Waals surface area contributed by atoms with Gasteiger partial charge >= 0.3 is 5.97 Å². The molecule has 0 saturated carbocycles. The minimum absolute atomic E-state index is 0.115. The number of hydrogen-bond donors (Lipinski definition) is 1. The fourth-order valence-corrected chi connectivity index (χ4v) is 6.06. The third-order valence-electron chi connectivity index (χ3n) is 6.27. The van der Waals surface area contributed by atoms with Gasteiger partial charge in [0.1, 0.15) is 12.6 Å². The van der Waals surface area contributed by atoms with Crippen LogP contribution in [0.25, 0.3) is 0 Å². The van der Waals surface area contributed by atoms with Crippen LogP contribution in [-0.2, 0) is 19.6 Å². The molecule has 0 bridgehead atoms. The highest BCUT2D eigenvalue weighted by Gasteiger charge is 2.41. The van der Waals surface area contributed by atoms with Gasteiger partial charge in [-0.05, 0) is 56.2 Å². The summed E-state index contributed by atoms with van der Waals surface area (Å²) in [5.74, 6) is -0.877. The van der Waals surface area contributed by atoms with Crippen molar-refractivity contribution in [3.8, 4) is 0 Å². The number of aliphatic carboxylic acids is 1. The summed E-state index contributed by atoms with van der Waals surface area (Å²) >= 11 is 0. The van der Waals surface area contributed by atoms with E-state index in [1.165, 1.54) is 15.3 Å². The van der Waals surface area contributed by atoms with E-state index < -0.39 is 22.5 Å². The first-order chi connectivity index (χ1) is 13.8. The Morgan fingerprint density at radius 2 is 1.83 bits per heavy atom. The van der Waals surface area contributed by atoms with Gasteiger partial charge in [-0.3, -0.25) is 14.5 Å². The molecule has 1 amide bonds. The number of amides is 1. The van der Waals surface area contributed by atoms with Crippen LogP contribution >= 0.6 is 0 Å². The van der Waals surface area contributed by atoms with Crippen molar-refractivity contribution < 1.29 is 23.1 Å². The molecule has 3 aliphatic rings. The van der Waals surface area contributed by atoms with Crippen LogP contribution in [0.5, 0.6) is 0 Å². The Balaban J connectivity index is 1.74. The lowest BCUT2D eigenvalue weighted by Crippen LogP contribution is -2.56. The van der Waals surface area contributed by atoms with E-state index in [4.69, 9.17) is 0 Å². The molecule has 1 aromatic carbocycles. The molecule has 29 heavy (non-hydrogen) atoms. The van der Waals surface area contributed by atoms with E-state index >= 15 is 0 Å². The maximum atomic E-state index is 13.2. The molecule has 158 valence electrons. The number of carboxylic acids is 1. The number of fused-ring (bicyclic) bond motifs is 3. The van der Waals surface area contributed by atoms with E-state index in [0.717, 1.165) is 31.4 Å². The molecule has 0 aliphatic carbocycles. The molecule has 3 heterocycles. The Kier molecular flexibility index (Phi) is 5.29. The van der Waals surface area contributed by atoms with Gasteiger partial charge < -0.3 is 10.0 Å². The zero-order valence-corrected chi connectivity index (χ0v) is 17.4. The van der Waals surface area contributed by atoms with Crippen LogP contribution in [0.4, 0.5) is 11.4 Å². The lowest BCUT2D eigenvalue weighted by atomic mass is 9.96. The number of carboxylic acid groups (broad SMARTS) is 1. The molecule has 4 rings (SSSR count). The van der Waals surface area contributed by atoms with Gasteiger partial charge in [0.15, 0.2) is 0 Å². The van der Waals surface area contributed by atoms with Crippen LogP contribution in [0, 0.1) is 5.92 Å². The molecule has 0 radical (unpaired) electrons. The van der Waals surface area contributed by atoms with Gasteiger partial charge in [-0.15, -0.1) is 0 Å². The van der Waals surface area contributed by atoms with Gasteiger partial charge in [0, 0.05) is 19.6 Å². The standard InChI is InChI=1S/C20H27N3O5S/c1-14-7-10-21(11-8-14)29(27,28)15-5-6-16-18(12-15)23(13-19(24)25)20(26)17-4-2-3-9-22(16)17/h5-6,12,14,17H,2-4,7-11,13H2,1H3,(H,24,25). The summed E-state index contributed by atoms with van der Waals surface area (Å²) in [5.41, 5.74) is 1.11. The molecule has 3 aliphatic heterocycles. The summed E-state index contributed by atoms with van der Waals surface area (Å²) in [6.45, 7) is 3.31. The number of anilines is 2. The molecule has 1 unspecified atom stereocenters. The van der Waals surface area contributed by atoms with Crippen molar-refractivity contribution in [2.75, 3.05) is 36.0 Å². The van der Waals surface area contributed by atoms with Crippen molar-refractivity contribution >= 4 is 33.3 Å². The number of rotatable bonds is 4. The summed E-state index contributed by atoms with van der Waals surface area (Å²) in [5, 5.41) is 9.33. The van der Waals surface area contributed by atoms with Crippen LogP contribution in [-0.4, -0.2) is 61.9 Å².